The molecule has 1 unspecified atom stereocenters. The van der Waals surface area contributed by atoms with E-state index < -0.39 is 11.2 Å². The Hall–Kier alpha value is -2.27. The Morgan fingerprint density at radius 3 is 1.81 bits per heavy atom. The normalized spacial score (nSPS) is 25.5. The molecule has 0 amide bonds. The number of rotatable bonds is 4. The molecule has 4 rings (SSSR count). The third-order valence-corrected chi connectivity index (χ3v) is 5.17. The van der Waals surface area contributed by atoms with Crippen molar-refractivity contribution >= 4 is 5.90 Å². The van der Waals surface area contributed by atoms with Gasteiger partial charge in [-0.2, -0.15) is 0 Å². The van der Waals surface area contributed by atoms with Crippen LogP contribution in [0, 0.1) is 11.6 Å². The number of ether oxygens (including phenoxy) is 2. The van der Waals surface area contributed by atoms with E-state index in [0.717, 1.165) is 11.1 Å². The van der Waals surface area contributed by atoms with Crippen LogP contribution in [-0.4, -0.2) is 23.6 Å². The first-order valence-electron chi connectivity index (χ1n) is 8.78. The lowest BCUT2D eigenvalue weighted by atomic mass is 9.79. The first-order chi connectivity index (χ1) is 12.3. The van der Waals surface area contributed by atoms with Crippen LogP contribution in [0.4, 0.5) is 8.78 Å². The quantitative estimate of drug-likeness (QED) is 0.750. The molecule has 1 saturated heterocycles. The van der Waals surface area contributed by atoms with Crippen molar-refractivity contribution in [2.24, 2.45) is 4.99 Å². The highest BCUT2D eigenvalue weighted by Gasteiger charge is 2.75. The third-order valence-electron chi connectivity index (χ3n) is 5.17. The third kappa shape index (κ3) is 2.37. The molecule has 2 aromatic rings. The van der Waals surface area contributed by atoms with Crippen LogP contribution < -0.4 is 0 Å². The van der Waals surface area contributed by atoms with E-state index in [2.05, 4.69) is 0 Å². The van der Waals surface area contributed by atoms with Crippen molar-refractivity contribution in [2.45, 2.75) is 43.9 Å². The van der Waals surface area contributed by atoms with Gasteiger partial charge in [0, 0.05) is 0 Å². The highest BCUT2D eigenvalue weighted by atomic mass is 19.1. The molecule has 1 fully saturated rings. The highest BCUT2D eigenvalue weighted by molar-refractivity contribution is 5.93. The Morgan fingerprint density at radius 1 is 0.923 bits per heavy atom. The molecule has 0 spiro atoms. The molecular formula is C21H21F2NO2. The molecule has 0 saturated carbocycles. The van der Waals surface area contributed by atoms with Gasteiger partial charge in [-0.3, -0.25) is 0 Å². The van der Waals surface area contributed by atoms with Gasteiger partial charge in [0.15, 0.2) is 11.2 Å². The summed E-state index contributed by atoms with van der Waals surface area (Å²) >= 11 is 0. The summed E-state index contributed by atoms with van der Waals surface area (Å²) in [6.45, 7) is 6.49. The number of epoxide rings is 1. The molecule has 2 aliphatic rings. The topological polar surface area (TPSA) is 34.1 Å². The summed E-state index contributed by atoms with van der Waals surface area (Å²) in [5.41, 5.74) is -0.383. The van der Waals surface area contributed by atoms with Gasteiger partial charge in [-0.25, -0.2) is 13.8 Å². The van der Waals surface area contributed by atoms with Crippen molar-refractivity contribution in [3.05, 3.63) is 71.3 Å². The van der Waals surface area contributed by atoms with Crippen LogP contribution in [0.25, 0.3) is 0 Å². The summed E-state index contributed by atoms with van der Waals surface area (Å²) in [7, 11) is 0. The summed E-state index contributed by atoms with van der Waals surface area (Å²) in [6, 6.07) is 12.4. The second kappa shape index (κ2) is 5.61. The zero-order chi connectivity index (χ0) is 18.6. The zero-order valence-corrected chi connectivity index (χ0v) is 15.1. The minimum Gasteiger partial charge on any atom is -0.476 e. The van der Waals surface area contributed by atoms with Gasteiger partial charge in [0.2, 0.25) is 5.90 Å². The Balaban J connectivity index is 1.88. The summed E-state index contributed by atoms with van der Waals surface area (Å²) in [6.07, 6.45) is 0.622. The Kier molecular flexibility index (Phi) is 3.70. The van der Waals surface area contributed by atoms with Gasteiger partial charge in [-0.05, 0) is 55.7 Å². The molecule has 0 radical (unpaired) electrons. The second-order valence-electron chi connectivity index (χ2n) is 7.50. The summed E-state index contributed by atoms with van der Waals surface area (Å²) in [4.78, 5) is 4.73. The first-order valence-corrected chi connectivity index (χ1v) is 8.78. The van der Waals surface area contributed by atoms with Gasteiger partial charge in [-0.1, -0.05) is 31.2 Å². The van der Waals surface area contributed by atoms with Crippen LogP contribution in [0.2, 0.25) is 0 Å². The number of nitrogens with zero attached hydrogens (tertiary/aromatic N) is 1. The van der Waals surface area contributed by atoms with Crippen LogP contribution in [0.5, 0.6) is 0 Å². The van der Waals surface area contributed by atoms with E-state index in [1.807, 2.05) is 20.8 Å². The number of hydrogen-bond acceptors (Lipinski definition) is 3. The minimum absolute atomic E-state index is 0.318. The van der Waals surface area contributed by atoms with E-state index in [9.17, 15) is 8.78 Å². The Labute approximate surface area is 151 Å². The van der Waals surface area contributed by atoms with Crippen LogP contribution in [0.3, 0.4) is 0 Å². The van der Waals surface area contributed by atoms with E-state index in [4.69, 9.17) is 14.5 Å². The SMILES string of the molecule is CCC1(C2=NC(C)(C)CO2)OC1(c1ccc(F)cc1)c1ccc(F)cc1. The predicted molar refractivity (Wildman–Crippen MR) is 95.2 cm³/mol. The minimum atomic E-state index is -0.873. The smallest absolute Gasteiger partial charge is 0.221 e. The molecule has 3 nitrogen and oxygen atoms in total. The number of hydrogen-bond donors (Lipinski definition) is 0. The van der Waals surface area contributed by atoms with Gasteiger partial charge in [-0.15, -0.1) is 0 Å². The lowest BCUT2D eigenvalue weighted by Crippen LogP contribution is -2.33. The average molecular weight is 357 g/mol. The Bertz CT molecular complexity index is 813. The van der Waals surface area contributed by atoms with Gasteiger partial charge in [0.05, 0.1) is 5.54 Å². The van der Waals surface area contributed by atoms with Crippen molar-refractivity contribution in [1.29, 1.82) is 0 Å². The molecule has 2 aliphatic heterocycles. The maximum atomic E-state index is 13.5. The van der Waals surface area contributed by atoms with Gasteiger partial charge in [0.25, 0.3) is 0 Å². The van der Waals surface area contributed by atoms with E-state index in [1.165, 1.54) is 24.3 Å². The molecule has 26 heavy (non-hydrogen) atoms. The molecule has 2 heterocycles. The van der Waals surface area contributed by atoms with E-state index >= 15 is 0 Å². The highest BCUT2D eigenvalue weighted by Crippen LogP contribution is 2.63. The lowest BCUT2D eigenvalue weighted by Gasteiger charge is -2.20. The van der Waals surface area contributed by atoms with Crippen LogP contribution in [-0.2, 0) is 15.1 Å². The lowest BCUT2D eigenvalue weighted by molar-refractivity contribution is 0.241. The monoisotopic (exact) mass is 357 g/mol. The Morgan fingerprint density at radius 2 is 1.42 bits per heavy atom. The van der Waals surface area contributed by atoms with Crippen molar-refractivity contribution < 1.29 is 18.3 Å². The summed E-state index contributed by atoms with van der Waals surface area (Å²) < 4.78 is 39.3. The first kappa shape index (κ1) is 17.2. The fourth-order valence-corrected chi connectivity index (χ4v) is 3.81. The van der Waals surface area contributed by atoms with E-state index in [-0.39, 0.29) is 17.2 Å². The molecule has 5 heteroatoms. The van der Waals surface area contributed by atoms with Crippen molar-refractivity contribution in [3.63, 3.8) is 0 Å². The second-order valence-corrected chi connectivity index (χ2v) is 7.50. The molecule has 0 aliphatic carbocycles. The predicted octanol–water partition coefficient (Wildman–Crippen LogP) is 4.59. The maximum absolute atomic E-state index is 13.5. The average Bonchev–Trinajstić information content (AvgIpc) is 3.18. The summed E-state index contributed by atoms with van der Waals surface area (Å²) in [5, 5.41) is 0. The van der Waals surface area contributed by atoms with Gasteiger partial charge < -0.3 is 9.47 Å². The van der Waals surface area contributed by atoms with Crippen molar-refractivity contribution in [1.82, 2.24) is 0 Å². The zero-order valence-electron chi connectivity index (χ0n) is 15.1. The number of aliphatic imine (C=N–C) groups is 1. The molecule has 0 bridgehead atoms. The molecule has 0 aromatic heterocycles. The summed E-state index contributed by atoms with van der Waals surface area (Å²) in [5.74, 6) is -0.0821. The van der Waals surface area contributed by atoms with Crippen molar-refractivity contribution in [3.8, 4) is 0 Å². The fourth-order valence-electron chi connectivity index (χ4n) is 3.81. The largest absolute Gasteiger partial charge is 0.476 e. The van der Waals surface area contributed by atoms with Crippen LogP contribution in [0.1, 0.15) is 38.3 Å². The molecule has 0 N–H and O–H groups in total. The molecule has 136 valence electrons. The van der Waals surface area contributed by atoms with Crippen molar-refractivity contribution in [2.75, 3.05) is 6.61 Å². The molecule has 1 atom stereocenters. The molecule has 2 aromatic carbocycles. The standard InChI is InChI=1S/C21H21F2NO2/c1-4-20(18-24-19(2,3)13-25-18)21(26-20,14-5-9-16(22)10-6-14)15-7-11-17(23)12-8-15/h5-12H,4,13H2,1-3H3. The maximum Gasteiger partial charge on any atom is 0.221 e. The molecular weight excluding hydrogens is 336 g/mol. The number of halogens is 2. The van der Waals surface area contributed by atoms with Gasteiger partial charge in [0.1, 0.15) is 18.2 Å². The van der Waals surface area contributed by atoms with Crippen LogP contribution >= 0.6 is 0 Å². The number of benzene rings is 2. The van der Waals surface area contributed by atoms with E-state index in [1.54, 1.807) is 24.3 Å². The fraction of sp³-hybridized carbons (Fsp3) is 0.381. The van der Waals surface area contributed by atoms with Crippen LogP contribution in [0.15, 0.2) is 53.5 Å². The van der Waals surface area contributed by atoms with E-state index in [0.29, 0.717) is 18.9 Å². The van der Waals surface area contributed by atoms with Gasteiger partial charge >= 0.3 is 0 Å².